The highest BCUT2D eigenvalue weighted by Gasteiger charge is 2.19. The number of carbonyl (C=O) groups excluding carboxylic acids is 1. The van der Waals surface area contributed by atoms with Gasteiger partial charge in [-0.1, -0.05) is 22.9 Å². The van der Waals surface area contributed by atoms with Crippen molar-refractivity contribution in [3.05, 3.63) is 33.8 Å². The number of hydrogen-bond donors (Lipinski definition) is 2. The van der Waals surface area contributed by atoms with Gasteiger partial charge in [-0.05, 0) is 30.7 Å². The van der Waals surface area contributed by atoms with E-state index >= 15 is 0 Å². The molecule has 19 heavy (non-hydrogen) atoms. The summed E-state index contributed by atoms with van der Waals surface area (Å²) in [5.74, 6) is 0.584. The fourth-order valence-electron chi connectivity index (χ4n) is 1.83. The molecule has 0 unspecified atom stereocenters. The molecule has 1 aromatic rings. The first-order chi connectivity index (χ1) is 9.13. The van der Waals surface area contributed by atoms with Gasteiger partial charge >= 0.3 is 0 Å². The van der Waals surface area contributed by atoms with Gasteiger partial charge < -0.3 is 15.2 Å². The van der Waals surface area contributed by atoms with Crippen molar-refractivity contribution in [1.29, 1.82) is 0 Å². The van der Waals surface area contributed by atoms with E-state index in [9.17, 15) is 4.79 Å². The van der Waals surface area contributed by atoms with Gasteiger partial charge in [-0.2, -0.15) is 0 Å². The zero-order valence-corrected chi connectivity index (χ0v) is 12.2. The molecule has 0 saturated heterocycles. The van der Waals surface area contributed by atoms with Crippen molar-refractivity contribution in [2.75, 3.05) is 13.2 Å². The second kappa shape index (κ2) is 6.21. The van der Waals surface area contributed by atoms with Gasteiger partial charge in [0.2, 0.25) is 0 Å². The van der Waals surface area contributed by atoms with E-state index in [1.54, 1.807) is 0 Å². The van der Waals surface area contributed by atoms with Gasteiger partial charge in [0.15, 0.2) is 0 Å². The minimum atomic E-state index is -0.211. The van der Waals surface area contributed by atoms with Crippen molar-refractivity contribution in [3.63, 3.8) is 0 Å². The predicted octanol–water partition coefficient (Wildman–Crippen LogP) is 2.11. The number of halogens is 1. The number of aliphatic hydroxyl groups excluding tert-OH is 1. The molecule has 1 atom stereocenters. The van der Waals surface area contributed by atoms with Crippen LogP contribution >= 0.6 is 15.9 Å². The van der Waals surface area contributed by atoms with Gasteiger partial charge in [0.05, 0.1) is 18.2 Å². The summed E-state index contributed by atoms with van der Waals surface area (Å²) >= 11 is 3.39. The topological polar surface area (TPSA) is 58.6 Å². The second-order valence-corrected chi connectivity index (χ2v) is 5.32. The Kier molecular flexibility index (Phi) is 4.61. The SMILES string of the molecule is CC[C@H](CO)NC(=O)C1=Cc2cc(Br)ccc2OC1. The molecular formula is C14H16BrNO3. The van der Waals surface area contributed by atoms with Crippen LogP contribution in [-0.4, -0.2) is 30.3 Å². The third-order valence-corrected chi connectivity index (χ3v) is 3.52. The number of hydrogen-bond acceptors (Lipinski definition) is 3. The summed E-state index contributed by atoms with van der Waals surface area (Å²) in [6, 6.07) is 5.46. The van der Waals surface area contributed by atoms with Crippen LogP contribution in [0.15, 0.2) is 28.2 Å². The lowest BCUT2D eigenvalue weighted by atomic mass is 10.1. The minimum Gasteiger partial charge on any atom is -0.488 e. The molecule has 1 aliphatic heterocycles. The largest absolute Gasteiger partial charge is 0.488 e. The Balaban J connectivity index is 2.16. The van der Waals surface area contributed by atoms with E-state index < -0.39 is 0 Å². The Morgan fingerprint density at radius 3 is 3.05 bits per heavy atom. The van der Waals surface area contributed by atoms with Crippen molar-refractivity contribution < 1.29 is 14.6 Å². The molecule has 0 aliphatic carbocycles. The second-order valence-electron chi connectivity index (χ2n) is 4.40. The number of fused-ring (bicyclic) bond motifs is 1. The number of amides is 1. The lowest BCUT2D eigenvalue weighted by Crippen LogP contribution is -2.39. The molecule has 4 nitrogen and oxygen atoms in total. The Morgan fingerprint density at radius 2 is 2.37 bits per heavy atom. The normalized spacial score (nSPS) is 15.0. The molecule has 1 aromatic carbocycles. The molecule has 0 aromatic heterocycles. The van der Waals surface area contributed by atoms with E-state index in [1.807, 2.05) is 31.2 Å². The number of carbonyl (C=O) groups is 1. The quantitative estimate of drug-likeness (QED) is 0.891. The summed E-state index contributed by atoms with van der Waals surface area (Å²) in [6.45, 7) is 2.11. The molecule has 0 saturated carbocycles. The van der Waals surface area contributed by atoms with Crippen molar-refractivity contribution in [2.24, 2.45) is 0 Å². The van der Waals surface area contributed by atoms with E-state index in [4.69, 9.17) is 9.84 Å². The average molecular weight is 326 g/mol. The highest BCUT2D eigenvalue weighted by molar-refractivity contribution is 9.10. The Bertz CT molecular complexity index is 509. The lowest BCUT2D eigenvalue weighted by molar-refractivity contribution is -0.118. The van der Waals surface area contributed by atoms with Crippen molar-refractivity contribution in [2.45, 2.75) is 19.4 Å². The maximum Gasteiger partial charge on any atom is 0.250 e. The zero-order valence-electron chi connectivity index (χ0n) is 10.6. The fraction of sp³-hybridized carbons (Fsp3) is 0.357. The summed E-state index contributed by atoms with van der Waals surface area (Å²) in [7, 11) is 0. The third-order valence-electron chi connectivity index (χ3n) is 3.02. The van der Waals surface area contributed by atoms with Crippen LogP contribution < -0.4 is 10.1 Å². The van der Waals surface area contributed by atoms with Crippen molar-refractivity contribution in [1.82, 2.24) is 5.32 Å². The summed E-state index contributed by atoms with van der Waals surface area (Å²) in [4.78, 5) is 12.0. The summed E-state index contributed by atoms with van der Waals surface area (Å²) in [5, 5.41) is 11.9. The van der Waals surface area contributed by atoms with Crippen molar-refractivity contribution in [3.8, 4) is 5.75 Å². The molecule has 2 rings (SSSR count). The van der Waals surface area contributed by atoms with E-state index in [-0.39, 0.29) is 25.2 Å². The number of nitrogens with one attached hydrogen (secondary N) is 1. The monoisotopic (exact) mass is 325 g/mol. The van der Waals surface area contributed by atoms with Gasteiger partial charge in [0, 0.05) is 10.0 Å². The number of rotatable bonds is 4. The standard InChI is InChI=1S/C14H16BrNO3/c1-2-12(7-17)16-14(18)10-5-9-6-11(15)3-4-13(9)19-8-10/h3-6,12,17H,2,7-8H2,1H3,(H,16,18)/t12-/m1/s1. The van der Waals surface area contributed by atoms with E-state index in [0.717, 1.165) is 15.8 Å². The van der Waals surface area contributed by atoms with E-state index in [1.165, 1.54) is 0 Å². The number of ether oxygens (including phenoxy) is 1. The highest BCUT2D eigenvalue weighted by Crippen LogP contribution is 2.29. The molecule has 1 amide bonds. The molecule has 0 spiro atoms. The van der Waals surface area contributed by atoms with Crippen molar-refractivity contribution >= 4 is 27.9 Å². The molecule has 2 N–H and O–H groups in total. The average Bonchev–Trinajstić information content (AvgIpc) is 2.43. The van der Waals surface area contributed by atoms with E-state index in [2.05, 4.69) is 21.2 Å². The van der Waals surface area contributed by atoms with E-state index in [0.29, 0.717) is 12.0 Å². The summed E-state index contributed by atoms with van der Waals surface area (Å²) in [5.41, 5.74) is 1.44. The van der Waals surface area contributed by atoms with Crippen LogP contribution in [-0.2, 0) is 4.79 Å². The summed E-state index contributed by atoms with van der Waals surface area (Å²) in [6.07, 6.45) is 2.52. The minimum absolute atomic E-state index is 0.0570. The Morgan fingerprint density at radius 1 is 1.58 bits per heavy atom. The van der Waals surface area contributed by atoms with Crippen LogP contribution in [0.1, 0.15) is 18.9 Å². The van der Waals surface area contributed by atoms with Gasteiger partial charge in [0.1, 0.15) is 12.4 Å². The van der Waals surface area contributed by atoms with Crippen LogP contribution in [0.25, 0.3) is 6.08 Å². The first-order valence-corrected chi connectivity index (χ1v) is 6.98. The maximum absolute atomic E-state index is 12.0. The van der Waals surface area contributed by atoms with Gasteiger partial charge in [-0.15, -0.1) is 0 Å². The Labute approximate surface area is 120 Å². The lowest BCUT2D eigenvalue weighted by Gasteiger charge is -2.20. The fourth-order valence-corrected chi connectivity index (χ4v) is 2.21. The molecule has 0 radical (unpaired) electrons. The van der Waals surface area contributed by atoms with Crippen LogP contribution in [0.2, 0.25) is 0 Å². The highest BCUT2D eigenvalue weighted by atomic mass is 79.9. The zero-order chi connectivity index (χ0) is 13.8. The number of aliphatic hydroxyl groups is 1. The molecule has 1 aliphatic rings. The first-order valence-electron chi connectivity index (χ1n) is 6.18. The molecule has 5 heteroatoms. The van der Waals surface area contributed by atoms with Crippen LogP contribution in [0, 0.1) is 0 Å². The number of benzene rings is 1. The van der Waals surface area contributed by atoms with Gasteiger partial charge in [-0.25, -0.2) is 0 Å². The molecule has 0 bridgehead atoms. The predicted molar refractivity (Wildman–Crippen MR) is 76.9 cm³/mol. The van der Waals surface area contributed by atoms with Gasteiger partial charge in [0.25, 0.3) is 5.91 Å². The third kappa shape index (κ3) is 3.36. The smallest absolute Gasteiger partial charge is 0.250 e. The van der Waals surface area contributed by atoms with Crippen LogP contribution in [0.4, 0.5) is 0 Å². The molecule has 1 heterocycles. The molecule has 102 valence electrons. The van der Waals surface area contributed by atoms with Crippen LogP contribution in [0.3, 0.4) is 0 Å². The maximum atomic E-state index is 12.0. The Hall–Kier alpha value is -1.33. The first kappa shape index (κ1) is 14.1. The molecule has 0 fully saturated rings. The van der Waals surface area contributed by atoms with Crippen LogP contribution in [0.5, 0.6) is 5.75 Å². The van der Waals surface area contributed by atoms with Gasteiger partial charge in [-0.3, -0.25) is 4.79 Å². The summed E-state index contributed by atoms with van der Waals surface area (Å²) < 4.78 is 6.49. The molecular weight excluding hydrogens is 310 g/mol.